The maximum Gasteiger partial charge on any atom is 0.0524 e. The molecule has 86 valence electrons. The van der Waals surface area contributed by atoms with E-state index in [0.717, 1.165) is 30.8 Å². The lowest BCUT2D eigenvalue weighted by atomic mass is 10.1. The first-order chi connectivity index (χ1) is 6.60. The summed E-state index contributed by atoms with van der Waals surface area (Å²) in [5.41, 5.74) is 0. The zero-order valence-corrected chi connectivity index (χ0v) is 11.3. The number of rotatable bonds is 8. The normalized spacial score (nSPS) is 15.9. The van der Waals surface area contributed by atoms with E-state index in [1.54, 1.807) is 0 Å². The molecule has 1 N–H and O–H groups in total. The number of nitrogens with zero attached hydrogens (tertiary/aromatic N) is 1. The van der Waals surface area contributed by atoms with Crippen LogP contribution in [0, 0.1) is 5.92 Å². The highest BCUT2D eigenvalue weighted by atomic mass is 79.9. The van der Waals surface area contributed by atoms with Gasteiger partial charge in [-0.25, -0.2) is 0 Å². The Morgan fingerprint density at radius 3 is 2.43 bits per heavy atom. The van der Waals surface area contributed by atoms with Crippen molar-refractivity contribution in [3.05, 3.63) is 0 Å². The number of aliphatic hydroxyl groups is 1. The molecule has 0 aromatic carbocycles. The molecule has 0 bridgehead atoms. The molecule has 0 aliphatic heterocycles. The molecule has 0 heterocycles. The second kappa shape index (κ2) is 8.69. The highest BCUT2D eigenvalue weighted by Gasteiger charge is 2.09. The summed E-state index contributed by atoms with van der Waals surface area (Å²) < 4.78 is 0. The molecule has 0 aromatic rings. The number of halogens is 1. The van der Waals surface area contributed by atoms with E-state index in [1.807, 2.05) is 6.92 Å². The lowest BCUT2D eigenvalue weighted by molar-refractivity contribution is 0.159. The van der Waals surface area contributed by atoms with Gasteiger partial charge in [-0.3, -0.25) is 0 Å². The van der Waals surface area contributed by atoms with Gasteiger partial charge < -0.3 is 10.0 Å². The Hall–Kier alpha value is 0.400. The zero-order chi connectivity index (χ0) is 11.0. The van der Waals surface area contributed by atoms with Crippen molar-refractivity contribution >= 4 is 15.9 Å². The van der Waals surface area contributed by atoms with Crippen molar-refractivity contribution in [1.29, 1.82) is 0 Å². The molecular weight excluding hydrogens is 242 g/mol. The van der Waals surface area contributed by atoms with Gasteiger partial charge in [-0.15, -0.1) is 0 Å². The van der Waals surface area contributed by atoms with Crippen molar-refractivity contribution in [1.82, 2.24) is 4.90 Å². The molecule has 0 spiro atoms. The highest BCUT2D eigenvalue weighted by molar-refractivity contribution is 9.09. The van der Waals surface area contributed by atoms with E-state index in [4.69, 9.17) is 5.11 Å². The Labute approximate surface area is 96.8 Å². The summed E-state index contributed by atoms with van der Waals surface area (Å²) in [6, 6.07) is 0. The quantitative estimate of drug-likeness (QED) is 0.682. The van der Waals surface area contributed by atoms with Gasteiger partial charge in [-0.05, 0) is 32.7 Å². The molecule has 2 nitrogen and oxygen atoms in total. The van der Waals surface area contributed by atoms with Gasteiger partial charge in [0.2, 0.25) is 0 Å². The molecule has 0 saturated heterocycles. The SMILES string of the molecule is CCCC(CBr)CN(C)CCC(C)O. The van der Waals surface area contributed by atoms with Gasteiger partial charge in [0.05, 0.1) is 6.10 Å². The van der Waals surface area contributed by atoms with Crippen LogP contribution in [0.25, 0.3) is 0 Å². The predicted molar refractivity (Wildman–Crippen MR) is 66.0 cm³/mol. The molecule has 0 radical (unpaired) electrons. The van der Waals surface area contributed by atoms with Crippen molar-refractivity contribution in [2.45, 2.75) is 39.2 Å². The van der Waals surface area contributed by atoms with Crippen molar-refractivity contribution in [2.24, 2.45) is 5.92 Å². The van der Waals surface area contributed by atoms with Gasteiger partial charge in [0.1, 0.15) is 0 Å². The lowest BCUT2D eigenvalue weighted by Crippen LogP contribution is -2.29. The Morgan fingerprint density at radius 2 is 2.00 bits per heavy atom. The zero-order valence-electron chi connectivity index (χ0n) is 9.67. The minimum atomic E-state index is -0.175. The predicted octanol–water partition coefficient (Wildman–Crippen LogP) is 2.50. The molecule has 2 unspecified atom stereocenters. The average Bonchev–Trinajstić information content (AvgIpc) is 2.14. The van der Waals surface area contributed by atoms with Crippen LogP contribution in [0.4, 0.5) is 0 Å². The van der Waals surface area contributed by atoms with Crippen LogP contribution in [-0.4, -0.2) is 41.6 Å². The van der Waals surface area contributed by atoms with Crippen LogP contribution < -0.4 is 0 Å². The number of aliphatic hydroxyl groups excluding tert-OH is 1. The first-order valence-electron chi connectivity index (χ1n) is 5.52. The summed E-state index contributed by atoms with van der Waals surface area (Å²) >= 11 is 3.55. The second-order valence-electron chi connectivity index (χ2n) is 4.21. The molecule has 0 rings (SSSR count). The molecule has 2 atom stereocenters. The average molecular weight is 266 g/mol. The fourth-order valence-electron chi connectivity index (χ4n) is 1.56. The largest absolute Gasteiger partial charge is 0.393 e. The topological polar surface area (TPSA) is 23.5 Å². The summed E-state index contributed by atoms with van der Waals surface area (Å²) in [7, 11) is 2.13. The Balaban J connectivity index is 3.61. The van der Waals surface area contributed by atoms with Gasteiger partial charge in [0.15, 0.2) is 0 Å². The third kappa shape index (κ3) is 7.77. The van der Waals surface area contributed by atoms with Crippen LogP contribution in [-0.2, 0) is 0 Å². The van der Waals surface area contributed by atoms with Crippen LogP contribution in [0.2, 0.25) is 0 Å². The van der Waals surface area contributed by atoms with E-state index < -0.39 is 0 Å². The van der Waals surface area contributed by atoms with Gasteiger partial charge in [-0.1, -0.05) is 29.3 Å². The van der Waals surface area contributed by atoms with Gasteiger partial charge >= 0.3 is 0 Å². The van der Waals surface area contributed by atoms with Crippen LogP contribution in [0.3, 0.4) is 0 Å². The van der Waals surface area contributed by atoms with Crippen molar-refractivity contribution < 1.29 is 5.11 Å². The van der Waals surface area contributed by atoms with E-state index in [2.05, 4.69) is 34.8 Å². The van der Waals surface area contributed by atoms with Gasteiger partial charge in [0, 0.05) is 18.4 Å². The summed E-state index contributed by atoms with van der Waals surface area (Å²) in [5, 5.41) is 10.2. The van der Waals surface area contributed by atoms with E-state index >= 15 is 0 Å². The van der Waals surface area contributed by atoms with Crippen molar-refractivity contribution in [3.63, 3.8) is 0 Å². The minimum Gasteiger partial charge on any atom is -0.393 e. The lowest BCUT2D eigenvalue weighted by Gasteiger charge is -2.22. The van der Waals surface area contributed by atoms with Gasteiger partial charge in [-0.2, -0.15) is 0 Å². The number of alkyl halides is 1. The summed E-state index contributed by atoms with van der Waals surface area (Å²) in [6.45, 7) is 6.20. The summed E-state index contributed by atoms with van der Waals surface area (Å²) in [6.07, 6.45) is 3.23. The molecule has 0 amide bonds. The van der Waals surface area contributed by atoms with Crippen LogP contribution in [0.15, 0.2) is 0 Å². The molecule has 0 aliphatic carbocycles. The molecular formula is C11H24BrNO. The van der Waals surface area contributed by atoms with Crippen molar-refractivity contribution in [3.8, 4) is 0 Å². The number of hydrogen-bond acceptors (Lipinski definition) is 2. The van der Waals surface area contributed by atoms with Crippen LogP contribution >= 0.6 is 15.9 Å². The molecule has 0 fully saturated rings. The smallest absolute Gasteiger partial charge is 0.0524 e. The second-order valence-corrected chi connectivity index (χ2v) is 4.86. The Kier molecular flexibility index (Phi) is 8.94. The number of hydrogen-bond donors (Lipinski definition) is 1. The third-order valence-electron chi connectivity index (χ3n) is 2.41. The maximum atomic E-state index is 9.16. The Bertz CT molecular complexity index is 130. The monoisotopic (exact) mass is 265 g/mol. The van der Waals surface area contributed by atoms with Crippen LogP contribution in [0.1, 0.15) is 33.1 Å². The highest BCUT2D eigenvalue weighted by Crippen LogP contribution is 2.11. The molecule has 3 heteroatoms. The van der Waals surface area contributed by atoms with E-state index in [-0.39, 0.29) is 6.10 Å². The summed E-state index contributed by atoms with van der Waals surface area (Å²) in [5.74, 6) is 0.749. The molecule has 14 heavy (non-hydrogen) atoms. The fraction of sp³-hybridized carbons (Fsp3) is 1.00. The summed E-state index contributed by atoms with van der Waals surface area (Å²) in [4.78, 5) is 2.31. The maximum absolute atomic E-state index is 9.16. The van der Waals surface area contributed by atoms with Crippen molar-refractivity contribution in [2.75, 3.05) is 25.5 Å². The minimum absolute atomic E-state index is 0.175. The molecule has 0 aromatic heterocycles. The molecule has 0 aliphatic rings. The fourth-order valence-corrected chi connectivity index (χ4v) is 2.09. The van der Waals surface area contributed by atoms with Crippen LogP contribution in [0.5, 0.6) is 0 Å². The van der Waals surface area contributed by atoms with Gasteiger partial charge in [0.25, 0.3) is 0 Å². The van der Waals surface area contributed by atoms with E-state index in [1.165, 1.54) is 12.8 Å². The first kappa shape index (κ1) is 14.4. The third-order valence-corrected chi connectivity index (χ3v) is 3.33. The first-order valence-corrected chi connectivity index (χ1v) is 6.64. The molecule has 0 saturated carbocycles. The van der Waals surface area contributed by atoms with E-state index in [0.29, 0.717) is 0 Å². The van der Waals surface area contributed by atoms with E-state index in [9.17, 15) is 0 Å². The standard InChI is InChI=1S/C11H24BrNO/c1-4-5-11(8-12)9-13(3)7-6-10(2)14/h10-11,14H,4-9H2,1-3H3. The Morgan fingerprint density at radius 1 is 1.36 bits per heavy atom.